The topological polar surface area (TPSA) is 42.1 Å². The zero-order valence-electron chi connectivity index (χ0n) is 13.9. The summed E-state index contributed by atoms with van der Waals surface area (Å²) in [5.41, 5.74) is 6.27. The Balaban J connectivity index is 1.92. The van der Waals surface area contributed by atoms with Crippen LogP contribution >= 0.6 is 0 Å². The molecule has 1 heterocycles. The van der Waals surface area contributed by atoms with Gasteiger partial charge in [0, 0.05) is 16.5 Å². The van der Waals surface area contributed by atoms with Crippen LogP contribution in [0.15, 0.2) is 54.6 Å². The molecule has 4 aromatic rings. The molecule has 1 N–H and O–H groups in total. The number of aromatic amines is 1. The Labute approximate surface area is 145 Å². The van der Waals surface area contributed by atoms with E-state index in [0.29, 0.717) is 5.69 Å². The second kappa shape index (κ2) is 5.21. The van der Waals surface area contributed by atoms with Gasteiger partial charge in [-0.15, -0.1) is 0 Å². The monoisotopic (exact) mass is 327 g/mol. The molecule has 1 aliphatic carbocycles. The van der Waals surface area contributed by atoms with Crippen LogP contribution in [0.25, 0.3) is 32.8 Å². The molecule has 0 fully saturated rings. The molecular weight excluding hydrogens is 310 g/mol. The van der Waals surface area contributed by atoms with E-state index in [-0.39, 0.29) is 5.97 Å². The Morgan fingerprint density at radius 2 is 1.68 bits per heavy atom. The van der Waals surface area contributed by atoms with Crippen molar-refractivity contribution in [1.29, 1.82) is 0 Å². The summed E-state index contributed by atoms with van der Waals surface area (Å²) in [5.74, 6) is -0.338. The number of methoxy groups -OCH3 is 1. The summed E-state index contributed by atoms with van der Waals surface area (Å²) in [4.78, 5) is 15.7. The smallest absolute Gasteiger partial charge is 0.355 e. The third kappa shape index (κ3) is 1.96. The summed E-state index contributed by atoms with van der Waals surface area (Å²) in [7, 11) is 1.42. The van der Waals surface area contributed by atoms with Crippen molar-refractivity contribution in [3.05, 3.63) is 71.4 Å². The third-order valence-corrected chi connectivity index (χ3v) is 5.24. The number of aromatic nitrogens is 1. The van der Waals surface area contributed by atoms with Gasteiger partial charge in [-0.05, 0) is 46.4 Å². The number of aryl methyl sites for hydroxylation is 2. The van der Waals surface area contributed by atoms with Crippen molar-refractivity contribution in [2.24, 2.45) is 0 Å². The van der Waals surface area contributed by atoms with Crippen molar-refractivity contribution in [3.8, 4) is 11.1 Å². The minimum Gasteiger partial charge on any atom is -0.464 e. The van der Waals surface area contributed by atoms with Gasteiger partial charge in [-0.1, -0.05) is 48.5 Å². The first kappa shape index (κ1) is 14.3. The summed E-state index contributed by atoms with van der Waals surface area (Å²) in [5, 5.41) is 3.60. The minimum absolute atomic E-state index is 0.338. The molecule has 1 aromatic heterocycles. The van der Waals surface area contributed by atoms with Crippen LogP contribution in [-0.4, -0.2) is 18.1 Å². The molecule has 0 unspecified atom stereocenters. The molecule has 0 saturated heterocycles. The van der Waals surface area contributed by atoms with Crippen LogP contribution < -0.4 is 0 Å². The summed E-state index contributed by atoms with van der Waals surface area (Å²) in [6.45, 7) is 0. The van der Waals surface area contributed by atoms with Gasteiger partial charge in [-0.25, -0.2) is 4.79 Å². The maximum absolute atomic E-state index is 12.4. The van der Waals surface area contributed by atoms with Gasteiger partial charge in [0.2, 0.25) is 0 Å². The van der Waals surface area contributed by atoms with Crippen molar-refractivity contribution in [3.63, 3.8) is 0 Å². The number of para-hydroxylation sites is 1. The average Bonchev–Trinajstić information content (AvgIpc) is 3.25. The van der Waals surface area contributed by atoms with E-state index in [9.17, 15) is 4.79 Å². The summed E-state index contributed by atoms with van der Waals surface area (Å²) in [6, 6.07) is 18.8. The number of hydrogen-bond acceptors (Lipinski definition) is 2. The highest BCUT2D eigenvalue weighted by molar-refractivity contribution is 6.13. The lowest BCUT2D eigenvalue weighted by atomic mass is 9.93. The van der Waals surface area contributed by atoms with E-state index >= 15 is 0 Å². The number of hydrogen-bond donors (Lipinski definition) is 1. The molecular formula is C22H17NO2. The van der Waals surface area contributed by atoms with Gasteiger partial charge < -0.3 is 9.72 Å². The van der Waals surface area contributed by atoms with Crippen LogP contribution in [0, 0.1) is 0 Å². The van der Waals surface area contributed by atoms with Crippen LogP contribution in [0.1, 0.15) is 21.6 Å². The third-order valence-electron chi connectivity index (χ3n) is 5.24. The number of rotatable bonds is 2. The van der Waals surface area contributed by atoms with Gasteiger partial charge in [0.15, 0.2) is 0 Å². The average molecular weight is 327 g/mol. The van der Waals surface area contributed by atoms with Crippen molar-refractivity contribution in [2.45, 2.75) is 12.8 Å². The molecule has 0 saturated carbocycles. The first-order valence-electron chi connectivity index (χ1n) is 8.51. The first-order chi connectivity index (χ1) is 12.3. The van der Waals surface area contributed by atoms with Gasteiger partial charge in [-0.3, -0.25) is 0 Å². The number of benzene rings is 3. The van der Waals surface area contributed by atoms with Gasteiger partial charge in [0.1, 0.15) is 5.69 Å². The van der Waals surface area contributed by atoms with Crippen molar-refractivity contribution >= 4 is 27.6 Å². The number of ether oxygens (including phenoxy) is 1. The standard InChI is InChI=1S/C22H17NO2/c1-25-22(24)21-20(17-6-2-3-8-18(17)23-21)16-12-11-14-10-9-13-5-4-7-15(16)19(13)14/h2-8,11-12,23H,9-10H2,1H3. The largest absolute Gasteiger partial charge is 0.464 e. The molecule has 0 radical (unpaired) electrons. The van der Waals surface area contributed by atoms with Crippen molar-refractivity contribution in [1.82, 2.24) is 4.98 Å². The summed E-state index contributed by atoms with van der Waals surface area (Å²) < 4.78 is 5.03. The second-order valence-electron chi connectivity index (χ2n) is 6.52. The molecule has 122 valence electrons. The van der Waals surface area contributed by atoms with Crippen molar-refractivity contribution in [2.75, 3.05) is 7.11 Å². The Morgan fingerprint density at radius 1 is 0.920 bits per heavy atom. The highest BCUT2D eigenvalue weighted by atomic mass is 16.5. The molecule has 3 heteroatoms. The lowest BCUT2D eigenvalue weighted by molar-refractivity contribution is 0.0596. The second-order valence-corrected chi connectivity index (χ2v) is 6.52. The lowest BCUT2D eigenvalue weighted by Crippen LogP contribution is -2.03. The highest BCUT2D eigenvalue weighted by Gasteiger charge is 2.23. The number of nitrogens with one attached hydrogen (secondary N) is 1. The maximum Gasteiger partial charge on any atom is 0.355 e. The molecule has 3 nitrogen and oxygen atoms in total. The molecule has 3 aromatic carbocycles. The van der Waals surface area contributed by atoms with Crippen LogP contribution in [-0.2, 0) is 17.6 Å². The molecule has 0 atom stereocenters. The van der Waals surface area contributed by atoms with Crippen LogP contribution in [0.2, 0.25) is 0 Å². The number of fused-ring (bicyclic) bond motifs is 1. The number of H-pyrrole nitrogens is 1. The fraction of sp³-hybridized carbons (Fsp3) is 0.136. The molecule has 0 aliphatic heterocycles. The van der Waals surface area contributed by atoms with E-state index < -0.39 is 0 Å². The van der Waals surface area contributed by atoms with Crippen LogP contribution in [0.4, 0.5) is 0 Å². The quantitative estimate of drug-likeness (QED) is 0.534. The Bertz CT molecular complexity index is 1140. The molecule has 5 rings (SSSR count). The predicted molar refractivity (Wildman–Crippen MR) is 100.0 cm³/mol. The maximum atomic E-state index is 12.4. The van der Waals surface area contributed by atoms with E-state index in [2.05, 4.69) is 41.4 Å². The lowest BCUT2D eigenvalue weighted by Gasteiger charge is -2.10. The van der Waals surface area contributed by atoms with E-state index in [1.54, 1.807) is 0 Å². The molecule has 0 amide bonds. The number of carbonyl (C=O) groups excluding carboxylic acids is 1. The normalized spacial score (nSPS) is 12.8. The highest BCUT2D eigenvalue weighted by Crippen LogP contribution is 2.41. The molecule has 1 aliphatic rings. The number of esters is 1. The number of carbonyl (C=O) groups is 1. The van der Waals surface area contributed by atoms with Gasteiger partial charge >= 0.3 is 5.97 Å². The van der Waals surface area contributed by atoms with Crippen molar-refractivity contribution < 1.29 is 9.53 Å². The van der Waals surface area contributed by atoms with E-state index in [4.69, 9.17) is 4.74 Å². The summed E-state index contributed by atoms with van der Waals surface area (Å²) >= 11 is 0. The zero-order valence-corrected chi connectivity index (χ0v) is 13.9. The van der Waals surface area contributed by atoms with Gasteiger partial charge in [0.25, 0.3) is 0 Å². The van der Waals surface area contributed by atoms with E-state index in [1.165, 1.54) is 29.0 Å². The summed E-state index contributed by atoms with van der Waals surface area (Å²) in [6.07, 6.45) is 2.18. The molecule has 0 spiro atoms. The van der Waals surface area contributed by atoms with Crippen LogP contribution in [0.3, 0.4) is 0 Å². The fourth-order valence-electron chi connectivity index (χ4n) is 4.14. The zero-order chi connectivity index (χ0) is 17.0. The minimum atomic E-state index is -0.338. The van der Waals surface area contributed by atoms with Gasteiger partial charge in [0.05, 0.1) is 7.11 Å². The van der Waals surface area contributed by atoms with Crippen LogP contribution in [0.5, 0.6) is 0 Å². The Kier molecular flexibility index (Phi) is 2.98. The fourth-order valence-corrected chi connectivity index (χ4v) is 4.14. The first-order valence-corrected chi connectivity index (χ1v) is 8.51. The van der Waals surface area contributed by atoms with Gasteiger partial charge in [-0.2, -0.15) is 0 Å². The van der Waals surface area contributed by atoms with E-state index in [0.717, 1.165) is 34.9 Å². The Hall–Kier alpha value is -3.07. The Morgan fingerprint density at radius 3 is 2.52 bits per heavy atom. The molecule has 25 heavy (non-hydrogen) atoms. The SMILES string of the molecule is COC(=O)c1[nH]c2ccccc2c1-c1ccc2c3c(cccc13)CC2. The predicted octanol–water partition coefficient (Wildman–Crippen LogP) is 4.87. The van der Waals surface area contributed by atoms with E-state index in [1.807, 2.05) is 18.2 Å². The molecule has 0 bridgehead atoms.